The van der Waals surface area contributed by atoms with E-state index < -0.39 is 12.0 Å². The highest BCUT2D eigenvalue weighted by molar-refractivity contribution is 5.86. The van der Waals surface area contributed by atoms with Crippen molar-refractivity contribution in [3.63, 3.8) is 0 Å². The molecule has 0 bridgehead atoms. The van der Waals surface area contributed by atoms with E-state index in [0.29, 0.717) is 0 Å². The molecule has 6 nitrogen and oxygen atoms in total. The summed E-state index contributed by atoms with van der Waals surface area (Å²) in [6, 6.07) is 0. The number of methoxy groups -OCH3 is 1. The van der Waals surface area contributed by atoms with Crippen LogP contribution in [0.3, 0.4) is 0 Å². The minimum atomic E-state index is -0.898. The summed E-state index contributed by atoms with van der Waals surface area (Å²) in [4.78, 5) is 26.4. The molecule has 0 heterocycles. The average Bonchev–Trinajstić information content (AvgIpc) is 2.11. The Kier molecular flexibility index (Phi) is 5.01. The van der Waals surface area contributed by atoms with Gasteiger partial charge in [-0.2, -0.15) is 0 Å². The maximum Gasteiger partial charge on any atom is 0.248 e. The van der Waals surface area contributed by atoms with Crippen molar-refractivity contribution in [2.24, 2.45) is 5.73 Å². The van der Waals surface area contributed by atoms with Gasteiger partial charge in [0.25, 0.3) is 0 Å². The van der Waals surface area contributed by atoms with Crippen LogP contribution < -0.4 is 5.73 Å². The molecule has 6 heteroatoms. The maximum absolute atomic E-state index is 11.2. The van der Waals surface area contributed by atoms with Crippen LogP contribution in [0.15, 0.2) is 0 Å². The standard InChI is InChI=1S/C7H14N2O4/c1-9(13-3)6(10)4-5(12-2)7(8)11/h5H,4H2,1-3H3,(H2,8,11). The Morgan fingerprint density at radius 1 is 1.46 bits per heavy atom. The second kappa shape index (κ2) is 5.50. The molecule has 76 valence electrons. The molecule has 0 radical (unpaired) electrons. The van der Waals surface area contributed by atoms with Gasteiger partial charge in [-0.3, -0.25) is 14.4 Å². The van der Waals surface area contributed by atoms with Crippen LogP contribution >= 0.6 is 0 Å². The molecule has 0 aromatic carbocycles. The number of nitrogens with zero attached hydrogens (tertiary/aromatic N) is 1. The Morgan fingerprint density at radius 2 is 2.00 bits per heavy atom. The Bertz CT molecular complexity index is 195. The van der Waals surface area contributed by atoms with Crippen molar-refractivity contribution < 1.29 is 19.2 Å². The van der Waals surface area contributed by atoms with Crippen LogP contribution in [0.1, 0.15) is 6.42 Å². The molecule has 1 atom stereocenters. The van der Waals surface area contributed by atoms with Crippen molar-refractivity contribution in [2.75, 3.05) is 21.3 Å². The van der Waals surface area contributed by atoms with E-state index in [4.69, 9.17) is 10.5 Å². The molecule has 0 spiro atoms. The van der Waals surface area contributed by atoms with E-state index in [2.05, 4.69) is 4.84 Å². The molecule has 0 aromatic rings. The van der Waals surface area contributed by atoms with Gasteiger partial charge in [-0.25, -0.2) is 5.06 Å². The van der Waals surface area contributed by atoms with Crippen molar-refractivity contribution >= 4 is 11.8 Å². The number of rotatable bonds is 5. The molecule has 0 aliphatic heterocycles. The fourth-order valence-electron chi connectivity index (χ4n) is 0.689. The van der Waals surface area contributed by atoms with Crippen LogP contribution in [-0.2, 0) is 19.2 Å². The minimum Gasteiger partial charge on any atom is -0.371 e. The van der Waals surface area contributed by atoms with Gasteiger partial charge in [-0.15, -0.1) is 0 Å². The fourth-order valence-corrected chi connectivity index (χ4v) is 0.689. The van der Waals surface area contributed by atoms with Gasteiger partial charge in [0.05, 0.1) is 13.5 Å². The Morgan fingerprint density at radius 3 is 2.31 bits per heavy atom. The van der Waals surface area contributed by atoms with Crippen molar-refractivity contribution in [1.82, 2.24) is 5.06 Å². The zero-order valence-electron chi connectivity index (χ0n) is 7.94. The quantitative estimate of drug-likeness (QED) is 0.558. The SMILES string of the molecule is COC(CC(=O)N(C)OC)C(N)=O. The molecular weight excluding hydrogens is 176 g/mol. The molecule has 0 saturated heterocycles. The van der Waals surface area contributed by atoms with E-state index in [1.54, 1.807) is 0 Å². The monoisotopic (exact) mass is 190 g/mol. The third-order valence-corrected chi connectivity index (χ3v) is 1.59. The highest BCUT2D eigenvalue weighted by Gasteiger charge is 2.20. The van der Waals surface area contributed by atoms with Gasteiger partial charge >= 0.3 is 0 Å². The molecule has 0 saturated carbocycles. The Labute approximate surface area is 76.5 Å². The van der Waals surface area contributed by atoms with Gasteiger partial charge in [0.2, 0.25) is 11.8 Å². The van der Waals surface area contributed by atoms with Crippen LogP contribution in [0, 0.1) is 0 Å². The number of nitrogens with two attached hydrogens (primary N) is 1. The Hall–Kier alpha value is -1.14. The number of hydroxylamine groups is 2. The lowest BCUT2D eigenvalue weighted by Crippen LogP contribution is -2.36. The van der Waals surface area contributed by atoms with Gasteiger partial charge in [-0.05, 0) is 0 Å². The zero-order chi connectivity index (χ0) is 10.4. The third kappa shape index (κ3) is 3.86. The highest BCUT2D eigenvalue weighted by Crippen LogP contribution is 1.99. The van der Waals surface area contributed by atoms with Crippen LogP contribution in [-0.4, -0.2) is 44.2 Å². The summed E-state index contributed by atoms with van der Waals surface area (Å²) in [6.07, 6.45) is -1.01. The number of ether oxygens (including phenoxy) is 1. The van der Waals surface area contributed by atoms with Crippen LogP contribution in [0.25, 0.3) is 0 Å². The number of primary amides is 1. The molecule has 2 N–H and O–H groups in total. The summed E-state index contributed by atoms with van der Waals surface area (Å²) in [5, 5.41) is 1.01. The number of carbonyl (C=O) groups is 2. The molecule has 0 aliphatic carbocycles. The lowest BCUT2D eigenvalue weighted by molar-refractivity contribution is -0.172. The number of hydrogen-bond acceptors (Lipinski definition) is 4. The highest BCUT2D eigenvalue weighted by atomic mass is 16.7. The maximum atomic E-state index is 11.2. The summed E-state index contributed by atoms with van der Waals surface area (Å²) >= 11 is 0. The lowest BCUT2D eigenvalue weighted by Gasteiger charge is -2.16. The van der Waals surface area contributed by atoms with Crippen molar-refractivity contribution in [2.45, 2.75) is 12.5 Å². The van der Waals surface area contributed by atoms with Crippen LogP contribution in [0.4, 0.5) is 0 Å². The van der Waals surface area contributed by atoms with Gasteiger partial charge in [0.15, 0.2) is 0 Å². The predicted molar refractivity (Wildman–Crippen MR) is 44.4 cm³/mol. The zero-order valence-corrected chi connectivity index (χ0v) is 7.94. The van der Waals surface area contributed by atoms with Crippen molar-refractivity contribution in [3.8, 4) is 0 Å². The number of carbonyl (C=O) groups excluding carboxylic acids is 2. The van der Waals surface area contributed by atoms with E-state index in [9.17, 15) is 9.59 Å². The van der Waals surface area contributed by atoms with E-state index in [1.807, 2.05) is 0 Å². The summed E-state index contributed by atoms with van der Waals surface area (Å²) in [7, 11) is 4.11. The van der Waals surface area contributed by atoms with E-state index in [1.165, 1.54) is 21.3 Å². The Balaban J connectivity index is 4.09. The normalized spacial score (nSPS) is 12.2. The van der Waals surface area contributed by atoms with Gasteiger partial charge in [0, 0.05) is 14.2 Å². The van der Waals surface area contributed by atoms with E-state index in [-0.39, 0.29) is 12.3 Å². The third-order valence-electron chi connectivity index (χ3n) is 1.59. The molecule has 13 heavy (non-hydrogen) atoms. The van der Waals surface area contributed by atoms with E-state index in [0.717, 1.165) is 5.06 Å². The molecule has 0 aromatic heterocycles. The van der Waals surface area contributed by atoms with Crippen LogP contribution in [0.2, 0.25) is 0 Å². The van der Waals surface area contributed by atoms with Crippen molar-refractivity contribution in [1.29, 1.82) is 0 Å². The number of amides is 2. The first kappa shape index (κ1) is 11.9. The molecule has 2 amide bonds. The molecule has 0 rings (SSSR count). The summed E-state index contributed by atoms with van der Waals surface area (Å²) in [5.41, 5.74) is 4.96. The summed E-state index contributed by atoms with van der Waals surface area (Å²) < 4.78 is 4.70. The van der Waals surface area contributed by atoms with Crippen LogP contribution in [0.5, 0.6) is 0 Å². The van der Waals surface area contributed by atoms with Gasteiger partial charge < -0.3 is 10.5 Å². The van der Waals surface area contributed by atoms with E-state index >= 15 is 0 Å². The average molecular weight is 190 g/mol. The molecule has 0 aliphatic rings. The first-order valence-electron chi connectivity index (χ1n) is 3.65. The van der Waals surface area contributed by atoms with Crippen molar-refractivity contribution in [3.05, 3.63) is 0 Å². The second-order valence-corrected chi connectivity index (χ2v) is 2.40. The second-order valence-electron chi connectivity index (χ2n) is 2.40. The first-order valence-corrected chi connectivity index (χ1v) is 3.65. The molecule has 1 unspecified atom stereocenters. The summed E-state index contributed by atoms with van der Waals surface area (Å²) in [5.74, 6) is -1.03. The number of hydrogen-bond donors (Lipinski definition) is 1. The van der Waals surface area contributed by atoms with Gasteiger partial charge in [0.1, 0.15) is 6.10 Å². The molecule has 0 fully saturated rings. The van der Waals surface area contributed by atoms with Gasteiger partial charge in [-0.1, -0.05) is 0 Å². The smallest absolute Gasteiger partial charge is 0.248 e. The minimum absolute atomic E-state index is 0.115. The fraction of sp³-hybridized carbons (Fsp3) is 0.714. The molecular formula is C7H14N2O4. The summed E-state index contributed by atoms with van der Waals surface area (Å²) in [6.45, 7) is 0. The topological polar surface area (TPSA) is 81.9 Å². The largest absolute Gasteiger partial charge is 0.371 e. The predicted octanol–water partition coefficient (Wildman–Crippen LogP) is -1.10. The lowest BCUT2D eigenvalue weighted by atomic mass is 10.2. The first-order chi connectivity index (χ1) is 6.02.